The van der Waals surface area contributed by atoms with Crippen LogP contribution < -0.4 is 10.2 Å². The summed E-state index contributed by atoms with van der Waals surface area (Å²) >= 11 is 0. The summed E-state index contributed by atoms with van der Waals surface area (Å²) in [5.41, 5.74) is 2.78. The van der Waals surface area contributed by atoms with Gasteiger partial charge in [-0.1, -0.05) is 29.8 Å². The molecule has 1 atom stereocenters. The van der Waals surface area contributed by atoms with Crippen LogP contribution in [0.1, 0.15) is 47.8 Å². The summed E-state index contributed by atoms with van der Waals surface area (Å²) < 4.78 is 14.4. The van der Waals surface area contributed by atoms with E-state index in [0.717, 1.165) is 11.1 Å². The van der Waals surface area contributed by atoms with Gasteiger partial charge in [0, 0.05) is 38.7 Å². The van der Waals surface area contributed by atoms with Crippen molar-refractivity contribution >= 4 is 23.3 Å². The molecule has 1 N–H and O–H groups in total. The number of rotatable bonds is 6. The molecule has 1 aliphatic rings. The molecular weight excluding hydrogens is 397 g/mol. The minimum atomic E-state index is -0.433. The molecule has 6 nitrogen and oxygen atoms in total. The molecule has 31 heavy (non-hydrogen) atoms. The predicted molar refractivity (Wildman–Crippen MR) is 118 cm³/mol. The number of hydrogen-bond acceptors (Lipinski definition) is 4. The van der Waals surface area contributed by atoms with Crippen molar-refractivity contribution in [3.05, 3.63) is 65.0 Å². The lowest BCUT2D eigenvalue weighted by atomic mass is 10.0. The predicted octanol–water partition coefficient (Wildman–Crippen LogP) is 3.25. The molecule has 2 aromatic carbocycles. The van der Waals surface area contributed by atoms with Gasteiger partial charge in [-0.15, -0.1) is 0 Å². The van der Waals surface area contributed by atoms with Crippen molar-refractivity contribution in [3.63, 3.8) is 0 Å². The van der Waals surface area contributed by atoms with Crippen LogP contribution in [0.2, 0.25) is 0 Å². The highest BCUT2D eigenvalue weighted by Crippen LogP contribution is 2.24. The van der Waals surface area contributed by atoms with Crippen molar-refractivity contribution in [1.82, 2.24) is 10.2 Å². The summed E-state index contributed by atoms with van der Waals surface area (Å²) in [6, 6.07) is 11.9. The molecule has 164 valence electrons. The minimum Gasteiger partial charge on any atom is -0.366 e. The molecule has 1 aliphatic heterocycles. The van der Waals surface area contributed by atoms with Crippen molar-refractivity contribution in [2.75, 3.05) is 31.1 Å². The van der Waals surface area contributed by atoms with Crippen molar-refractivity contribution in [3.8, 4) is 0 Å². The third-order valence-electron chi connectivity index (χ3n) is 5.56. The lowest BCUT2D eigenvalue weighted by molar-refractivity contribution is -0.132. The maximum atomic E-state index is 14.4. The third-order valence-corrected chi connectivity index (χ3v) is 5.56. The number of nitrogens with one attached hydrogen (secondary N) is 1. The fourth-order valence-corrected chi connectivity index (χ4v) is 3.78. The van der Waals surface area contributed by atoms with Crippen LogP contribution in [-0.2, 0) is 9.59 Å². The Morgan fingerprint density at radius 1 is 1.00 bits per heavy atom. The van der Waals surface area contributed by atoms with Gasteiger partial charge in [0.25, 0.3) is 0 Å². The number of ketones is 1. The number of Topliss-reactive ketones (excluding diaryl/α,β-unsaturated/α-hetero) is 1. The van der Waals surface area contributed by atoms with Gasteiger partial charge in [0.1, 0.15) is 5.82 Å². The molecule has 2 aromatic rings. The highest BCUT2D eigenvalue weighted by atomic mass is 19.1. The summed E-state index contributed by atoms with van der Waals surface area (Å²) in [5, 5.41) is 2.87. The standard InChI is InChI=1S/C24H28FN3O3/c1-16-4-6-19(7-5-16)22(26-18(3)30)15-24(31)28-12-10-27(11-13-28)23-9-8-20(17(2)29)14-21(23)25/h4-9,14,22H,10-13,15H2,1-3H3,(H,26,30). The number of amides is 2. The largest absolute Gasteiger partial charge is 0.366 e. The number of carbonyl (C=O) groups excluding carboxylic acids is 3. The summed E-state index contributed by atoms with van der Waals surface area (Å²) in [4.78, 5) is 39.6. The van der Waals surface area contributed by atoms with Gasteiger partial charge >= 0.3 is 0 Å². The first-order valence-corrected chi connectivity index (χ1v) is 10.4. The quantitative estimate of drug-likeness (QED) is 0.722. The number of aryl methyl sites for hydroxylation is 1. The van der Waals surface area contributed by atoms with Gasteiger partial charge in [-0.05, 0) is 37.6 Å². The average Bonchev–Trinajstić information content (AvgIpc) is 2.73. The van der Waals surface area contributed by atoms with Gasteiger partial charge in [0.2, 0.25) is 11.8 Å². The zero-order chi connectivity index (χ0) is 22.5. The molecule has 0 radical (unpaired) electrons. The SMILES string of the molecule is CC(=O)NC(CC(=O)N1CCN(c2ccc(C(C)=O)cc2F)CC1)c1ccc(C)cc1. The zero-order valence-electron chi connectivity index (χ0n) is 18.2. The van der Waals surface area contributed by atoms with Crippen LogP contribution in [0, 0.1) is 12.7 Å². The van der Waals surface area contributed by atoms with Crippen LogP contribution >= 0.6 is 0 Å². The second-order valence-corrected chi connectivity index (χ2v) is 7.96. The molecule has 7 heteroatoms. The number of hydrogen-bond donors (Lipinski definition) is 1. The van der Waals surface area contributed by atoms with Gasteiger partial charge in [-0.25, -0.2) is 4.39 Å². The van der Waals surface area contributed by atoms with Crippen LogP contribution in [0.15, 0.2) is 42.5 Å². The Balaban J connectivity index is 1.63. The smallest absolute Gasteiger partial charge is 0.225 e. The van der Waals surface area contributed by atoms with E-state index in [0.29, 0.717) is 37.4 Å². The minimum absolute atomic E-state index is 0.0497. The molecule has 0 spiro atoms. The Morgan fingerprint density at radius 2 is 1.65 bits per heavy atom. The molecule has 3 rings (SSSR count). The normalized spacial score (nSPS) is 14.8. The second kappa shape index (κ2) is 9.73. The van der Waals surface area contributed by atoms with E-state index < -0.39 is 5.82 Å². The van der Waals surface area contributed by atoms with Crippen LogP contribution in [-0.4, -0.2) is 48.7 Å². The van der Waals surface area contributed by atoms with Crippen LogP contribution in [0.4, 0.5) is 10.1 Å². The van der Waals surface area contributed by atoms with E-state index in [4.69, 9.17) is 0 Å². The number of nitrogens with zero attached hydrogens (tertiary/aromatic N) is 2. The van der Waals surface area contributed by atoms with E-state index in [-0.39, 0.29) is 30.1 Å². The summed E-state index contributed by atoms with van der Waals surface area (Å²) in [6.45, 7) is 6.76. The Kier molecular flexibility index (Phi) is 7.05. The van der Waals surface area contributed by atoms with Gasteiger partial charge in [-0.3, -0.25) is 14.4 Å². The first-order chi connectivity index (χ1) is 14.7. The molecule has 1 fully saturated rings. The van der Waals surface area contributed by atoms with Crippen molar-refractivity contribution in [2.45, 2.75) is 33.2 Å². The van der Waals surface area contributed by atoms with Crippen LogP contribution in [0.5, 0.6) is 0 Å². The van der Waals surface area contributed by atoms with Gasteiger partial charge in [0.05, 0.1) is 18.2 Å². The summed E-state index contributed by atoms with van der Waals surface area (Å²) in [7, 11) is 0. The maximum Gasteiger partial charge on any atom is 0.225 e. The van der Waals surface area contributed by atoms with Crippen molar-refractivity contribution in [2.24, 2.45) is 0 Å². The Labute approximate surface area is 182 Å². The first kappa shape index (κ1) is 22.5. The van der Waals surface area contributed by atoms with Crippen LogP contribution in [0.25, 0.3) is 0 Å². The molecular formula is C24H28FN3O3. The third kappa shape index (κ3) is 5.69. The Bertz CT molecular complexity index is 967. The molecule has 0 aromatic heterocycles. The highest BCUT2D eigenvalue weighted by Gasteiger charge is 2.26. The van der Waals surface area contributed by atoms with Gasteiger partial charge in [-0.2, -0.15) is 0 Å². The number of benzene rings is 2. The molecule has 0 aliphatic carbocycles. The molecule has 1 heterocycles. The summed E-state index contributed by atoms with van der Waals surface area (Å²) in [6.07, 6.45) is 0.171. The van der Waals surface area contributed by atoms with E-state index >= 15 is 0 Å². The van der Waals surface area contributed by atoms with E-state index in [1.54, 1.807) is 17.0 Å². The number of piperazine rings is 1. The van der Waals surface area contributed by atoms with Crippen LogP contribution in [0.3, 0.4) is 0 Å². The number of carbonyl (C=O) groups is 3. The van der Waals surface area contributed by atoms with E-state index in [1.807, 2.05) is 36.1 Å². The van der Waals surface area contributed by atoms with E-state index in [1.165, 1.54) is 19.9 Å². The monoisotopic (exact) mass is 425 g/mol. The van der Waals surface area contributed by atoms with Crippen molar-refractivity contribution in [1.29, 1.82) is 0 Å². The van der Waals surface area contributed by atoms with E-state index in [2.05, 4.69) is 5.32 Å². The van der Waals surface area contributed by atoms with Crippen molar-refractivity contribution < 1.29 is 18.8 Å². The Hall–Kier alpha value is -3.22. The fourth-order valence-electron chi connectivity index (χ4n) is 3.78. The lowest BCUT2D eigenvalue weighted by Gasteiger charge is -2.37. The topological polar surface area (TPSA) is 69.7 Å². The molecule has 1 saturated heterocycles. The highest BCUT2D eigenvalue weighted by molar-refractivity contribution is 5.94. The molecule has 2 amide bonds. The zero-order valence-corrected chi connectivity index (χ0v) is 18.2. The summed E-state index contributed by atoms with van der Waals surface area (Å²) in [5.74, 6) is -0.847. The molecule has 0 saturated carbocycles. The fraction of sp³-hybridized carbons (Fsp3) is 0.375. The molecule has 0 bridgehead atoms. The molecule has 1 unspecified atom stereocenters. The lowest BCUT2D eigenvalue weighted by Crippen LogP contribution is -2.49. The second-order valence-electron chi connectivity index (χ2n) is 7.96. The first-order valence-electron chi connectivity index (χ1n) is 10.4. The van der Waals surface area contributed by atoms with E-state index in [9.17, 15) is 18.8 Å². The number of halogens is 1. The average molecular weight is 426 g/mol. The Morgan fingerprint density at radius 3 is 2.19 bits per heavy atom. The van der Waals surface area contributed by atoms with Gasteiger partial charge in [0.15, 0.2) is 5.78 Å². The number of anilines is 1. The maximum absolute atomic E-state index is 14.4. The van der Waals surface area contributed by atoms with Gasteiger partial charge < -0.3 is 15.1 Å².